The molecule has 0 spiro atoms. The summed E-state index contributed by atoms with van der Waals surface area (Å²) in [6.45, 7) is 1.60. The van der Waals surface area contributed by atoms with E-state index in [1.807, 2.05) is 6.07 Å². The molecule has 1 amide bonds. The Morgan fingerprint density at radius 1 is 1.07 bits per heavy atom. The van der Waals surface area contributed by atoms with E-state index in [1.54, 1.807) is 12.1 Å². The topological polar surface area (TPSA) is 75.5 Å². The maximum absolute atomic E-state index is 12.2. The Kier molecular flexibility index (Phi) is 5.28. The molecule has 2 aromatic rings. The molecule has 0 bridgehead atoms. The number of hydrogen-bond acceptors (Lipinski definition) is 4. The first-order valence-electron chi connectivity index (χ1n) is 9.98. The van der Waals surface area contributed by atoms with Crippen LogP contribution in [0.4, 0.5) is 11.4 Å². The van der Waals surface area contributed by atoms with E-state index >= 15 is 0 Å². The third kappa shape index (κ3) is 4.32. The Bertz CT molecular complexity index is 857. The number of nitro benzene ring substituents is 1. The SMILES string of the molecule is O=C(NC1CC1)c1ccc(N2CCC(Cc3ccccc3)CC2)c([N+](=O)[O-])c1. The van der Waals surface area contributed by atoms with Crippen LogP contribution in [0.2, 0.25) is 0 Å². The van der Waals surface area contributed by atoms with Crippen molar-refractivity contribution in [1.29, 1.82) is 0 Å². The zero-order chi connectivity index (χ0) is 19.5. The number of carbonyl (C=O) groups excluding carboxylic acids is 1. The first-order chi connectivity index (χ1) is 13.6. The van der Waals surface area contributed by atoms with E-state index in [4.69, 9.17) is 0 Å². The quantitative estimate of drug-likeness (QED) is 0.609. The molecule has 28 heavy (non-hydrogen) atoms. The maximum Gasteiger partial charge on any atom is 0.293 e. The minimum atomic E-state index is -0.376. The van der Waals surface area contributed by atoms with Crippen LogP contribution in [0, 0.1) is 16.0 Å². The highest BCUT2D eigenvalue weighted by Crippen LogP contribution is 2.33. The summed E-state index contributed by atoms with van der Waals surface area (Å²) >= 11 is 0. The summed E-state index contributed by atoms with van der Waals surface area (Å²) in [4.78, 5) is 25.6. The summed E-state index contributed by atoms with van der Waals surface area (Å²) in [5.41, 5.74) is 2.34. The van der Waals surface area contributed by atoms with Gasteiger partial charge in [0, 0.05) is 30.8 Å². The molecule has 4 rings (SSSR count). The van der Waals surface area contributed by atoms with E-state index in [2.05, 4.69) is 34.5 Å². The molecule has 146 valence electrons. The fourth-order valence-corrected chi connectivity index (χ4v) is 3.90. The third-order valence-electron chi connectivity index (χ3n) is 5.67. The van der Waals surface area contributed by atoms with Crippen molar-refractivity contribution in [3.8, 4) is 0 Å². The van der Waals surface area contributed by atoms with E-state index in [0.717, 1.165) is 45.2 Å². The number of amides is 1. The number of hydrogen-bond donors (Lipinski definition) is 1. The van der Waals surface area contributed by atoms with Crippen molar-refractivity contribution < 1.29 is 9.72 Å². The molecule has 0 atom stereocenters. The Balaban J connectivity index is 1.43. The number of nitrogens with one attached hydrogen (secondary N) is 1. The highest BCUT2D eigenvalue weighted by Gasteiger charge is 2.28. The minimum Gasteiger partial charge on any atom is -0.366 e. The molecule has 2 aliphatic rings. The molecule has 1 N–H and O–H groups in total. The lowest BCUT2D eigenvalue weighted by Gasteiger charge is -2.33. The van der Waals surface area contributed by atoms with Crippen LogP contribution >= 0.6 is 0 Å². The molecule has 6 heteroatoms. The number of anilines is 1. The molecule has 0 aromatic heterocycles. The highest BCUT2D eigenvalue weighted by atomic mass is 16.6. The lowest BCUT2D eigenvalue weighted by molar-refractivity contribution is -0.384. The fraction of sp³-hybridized carbons (Fsp3) is 0.409. The first-order valence-corrected chi connectivity index (χ1v) is 9.98. The van der Waals surface area contributed by atoms with Crippen LogP contribution < -0.4 is 10.2 Å². The van der Waals surface area contributed by atoms with E-state index < -0.39 is 0 Å². The van der Waals surface area contributed by atoms with Crippen LogP contribution in [0.1, 0.15) is 41.6 Å². The molecule has 0 radical (unpaired) electrons. The van der Waals surface area contributed by atoms with Crippen LogP contribution in [0.25, 0.3) is 0 Å². The molecular weight excluding hydrogens is 354 g/mol. The maximum atomic E-state index is 12.2. The molecule has 1 saturated heterocycles. The van der Waals surface area contributed by atoms with Gasteiger partial charge in [0.25, 0.3) is 11.6 Å². The van der Waals surface area contributed by atoms with Gasteiger partial charge in [-0.2, -0.15) is 0 Å². The number of rotatable bonds is 6. The molecule has 0 unspecified atom stereocenters. The normalized spacial score (nSPS) is 17.4. The molecule has 2 fully saturated rings. The number of carbonyl (C=O) groups is 1. The minimum absolute atomic E-state index is 0.0185. The van der Waals surface area contributed by atoms with Gasteiger partial charge < -0.3 is 10.2 Å². The van der Waals surface area contributed by atoms with Crippen molar-refractivity contribution >= 4 is 17.3 Å². The predicted molar refractivity (Wildman–Crippen MR) is 109 cm³/mol. The van der Waals surface area contributed by atoms with Gasteiger partial charge in [-0.05, 0) is 55.7 Å². The van der Waals surface area contributed by atoms with Crippen molar-refractivity contribution in [2.24, 2.45) is 5.92 Å². The van der Waals surface area contributed by atoms with Crippen molar-refractivity contribution in [2.75, 3.05) is 18.0 Å². The summed E-state index contributed by atoms with van der Waals surface area (Å²) in [6, 6.07) is 15.6. The molecule has 1 saturated carbocycles. The Morgan fingerprint density at radius 2 is 1.79 bits per heavy atom. The van der Waals surface area contributed by atoms with Gasteiger partial charge in [-0.3, -0.25) is 14.9 Å². The van der Waals surface area contributed by atoms with E-state index in [9.17, 15) is 14.9 Å². The summed E-state index contributed by atoms with van der Waals surface area (Å²) in [7, 11) is 0. The van der Waals surface area contributed by atoms with Gasteiger partial charge in [0.2, 0.25) is 0 Å². The van der Waals surface area contributed by atoms with Gasteiger partial charge in [0.15, 0.2) is 0 Å². The van der Waals surface area contributed by atoms with Crippen molar-refractivity contribution in [2.45, 2.75) is 38.1 Å². The van der Waals surface area contributed by atoms with Crippen LogP contribution in [-0.4, -0.2) is 30.0 Å². The largest absolute Gasteiger partial charge is 0.366 e. The predicted octanol–water partition coefficient (Wildman–Crippen LogP) is 3.95. The Hall–Kier alpha value is -2.89. The average Bonchev–Trinajstić information content (AvgIpc) is 3.53. The Labute approximate surface area is 164 Å². The van der Waals surface area contributed by atoms with Crippen LogP contribution in [0.5, 0.6) is 0 Å². The second-order valence-electron chi connectivity index (χ2n) is 7.83. The standard InChI is InChI=1S/C22H25N3O3/c26-22(23-19-7-8-19)18-6-9-20(21(15-18)25(27)28)24-12-10-17(11-13-24)14-16-4-2-1-3-5-16/h1-6,9,15,17,19H,7-8,10-14H2,(H,23,26). The number of nitro groups is 1. The monoisotopic (exact) mass is 379 g/mol. The van der Waals surface area contributed by atoms with Crippen molar-refractivity contribution in [3.63, 3.8) is 0 Å². The van der Waals surface area contributed by atoms with Crippen molar-refractivity contribution in [1.82, 2.24) is 5.32 Å². The third-order valence-corrected chi connectivity index (χ3v) is 5.67. The molecule has 1 aliphatic carbocycles. The van der Waals surface area contributed by atoms with Gasteiger partial charge in [0.05, 0.1) is 4.92 Å². The van der Waals surface area contributed by atoms with Crippen molar-refractivity contribution in [3.05, 3.63) is 69.8 Å². The lowest BCUT2D eigenvalue weighted by atomic mass is 9.90. The zero-order valence-electron chi connectivity index (χ0n) is 15.8. The number of nitrogens with zero attached hydrogens (tertiary/aromatic N) is 2. The molecular formula is C22H25N3O3. The van der Waals surface area contributed by atoms with Gasteiger partial charge in [-0.15, -0.1) is 0 Å². The molecule has 1 aliphatic heterocycles. The van der Waals surface area contributed by atoms with Gasteiger partial charge in [-0.25, -0.2) is 0 Å². The smallest absolute Gasteiger partial charge is 0.293 e. The summed E-state index contributed by atoms with van der Waals surface area (Å²) in [6.07, 6.45) is 5.05. The van der Waals surface area contributed by atoms with Crippen LogP contribution in [0.15, 0.2) is 48.5 Å². The summed E-state index contributed by atoms with van der Waals surface area (Å²) in [5.74, 6) is 0.375. The zero-order valence-corrected chi connectivity index (χ0v) is 15.8. The lowest BCUT2D eigenvalue weighted by Crippen LogP contribution is -2.34. The van der Waals surface area contributed by atoms with E-state index in [-0.39, 0.29) is 22.6 Å². The second kappa shape index (κ2) is 8.00. The summed E-state index contributed by atoms with van der Waals surface area (Å²) < 4.78 is 0. The average molecular weight is 379 g/mol. The van der Waals surface area contributed by atoms with Crippen LogP contribution in [-0.2, 0) is 6.42 Å². The van der Waals surface area contributed by atoms with Gasteiger partial charge in [0.1, 0.15) is 5.69 Å². The molecule has 6 nitrogen and oxygen atoms in total. The second-order valence-corrected chi connectivity index (χ2v) is 7.83. The van der Waals surface area contributed by atoms with E-state index in [0.29, 0.717) is 17.2 Å². The molecule has 2 aromatic carbocycles. The highest BCUT2D eigenvalue weighted by molar-refractivity contribution is 5.96. The fourth-order valence-electron chi connectivity index (χ4n) is 3.90. The van der Waals surface area contributed by atoms with Gasteiger partial charge >= 0.3 is 0 Å². The van der Waals surface area contributed by atoms with Gasteiger partial charge in [-0.1, -0.05) is 30.3 Å². The Morgan fingerprint density at radius 3 is 2.43 bits per heavy atom. The number of benzene rings is 2. The summed E-state index contributed by atoms with van der Waals surface area (Å²) in [5, 5.41) is 14.5. The first kappa shape index (κ1) is 18.5. The number of piperidine rings is 1. The molecule has 1 heterocycles. The van der Waals surface area contributed by atoms with Crippen LogP contribution in [0.3, 0.4) is 0 Å². The van der Waals surface area contributed by atoms with E-state index in [1.165, 1.54) is 11.6 Å².